The van der Waals surface area contributed by atoms with Crippen LogP contribution >= 0.6 is 0 Å². The molecule has 0 radical (unpaired) electrons. The lowest BCUT2D eigenvalue weighted by Crippen LogP contribution is -2.26. The molecule has 0 unspecified atom stereocenters. The van der Waals surface area contributed by atoms with Crippen LogP contribution < -0.4 is 0 Å². The smallest absolute Gasteiger partial charge is 0.261 e. The number of nitrogens with zero attached hydrogens (tertiary/aromatic N) is 1. The van der Waals surface area contributed by atoms with E-state index in [0.29, 0.717) is 6.54 Å². The van der Waals surface area contributed by atoms with Crippen molar-refractivity contribution in [2.75, 3.05) is 19.6 Å². The molecule has 0 aliphatic carbocycles. The van der Waals surface area contributed by atoms with Gasteiger partial charge in [0.05, 0.1) is 6.54 Å². The highest BCUT2D eigenvalue weighted by Gasteiger charge is 2.37. The summed E-state index contributed by atoms with van der Waals surface area (Å²) in [5, 5.41) is 0. The molecule has 12 heavy (non-hydrogen) atoms. The third-order valence-corrected chi connectivity index (χ3v) is 2.10. The van der Waals surface area contributed by atoms with Crippen LogP contribution in [0.2, 0.25) is 0 Å². The van der Waals surface area contributed by atoms with E-state index in [1.54, 1.807) is 4.90 Å². The molecule has 0 saturated carbocycles. The predicted molar refractivity (Wildman–Crippen MR) is 45.4 cm³/mol. The lowest BCUT2D eigenvalue weighted by molar-refractivity contribution is 0.0123. The summed E-state index contributed by atoms with van der Waals surface area (Å²) in [6.45, 7) is 6.85. The van der Waals surface area contributed by atoms with Crippen molar-refractivity contribution in [2.24, 2.45) is 0 Å². The minimum absolute atomic E-state index is 0.0171. The molecule has 1 heterocycles. The van der Waals surface area contributed by atoms with Gasteiger partial charge in [0.25, 0.3) is 5.92 Å². The summed E-state index contributed by atoms with van der Waals surface area (Å²) in [6.07, 6.45) is 0.846. The topological polar surface area (TPSA) is 3.24 Å². The molecule has 0 aromatic carbocycles. The number of likely N-dealkylation sites (tertiary alicyclic amines) is 1. The maximum atomic E-state index is 12.7. The van der Waals surface area contributed by atoms with E-state index in [1.807, 2.05) is 6.92 Å². The summed E-state index contributed by atoms with van der Waals surface area (Å²) in [5.41, 5.74) is 1.06. The van der Waals surface area contributed by atoms with E-state index in [4.69, 9.17) is 0 Å². The quantitative estimate of drug-likeness (QED) is 0.595. The maximum Gasteiger partial charge on any atom is 0.261 e. The molecule has 1 aliphatic heterocycles. The highest BCUT2D eigenvalue weighted by molar-refractivity contribution is 4.90. The summed E-state index contributed by atoms with van der Waals surface area (Å²) in [6, 6.07) is 0. The number of halogens is 2. The summed E-state index contributed by atoms with van der Waals surface area (Å²) < 4.78 is 25.3. The van der Waals surface area contributed by atoms with E-state index in [-0.39, 0.29) is 13.0 Å². The van der Waals surface area contributed by atoms with Crippen LogP contribution in [0.5, 0.6) is 0 Å². The van der Waals surface area contributed by atoms with Crippen molar-refractivity contribution in [2.45, 2.75) is 25.7 Å². The first kappa shape index (κ1) is 9.65. The normalized spacial score (nSPS) is 22.9. The second kappa shape index (κ2) is 3.52. The molecule has 3 heteroatoms. The molecule has 1 aliphatic rings. The Morgan fingerprint density at radius 3 is 2.67 bits per heavy atom. The molecule has 0 aromatic heterocycles. The lowest BCUT2D eigenvalue weighted by atomic mass is 10.2. The van der Waals surface area contributed by atoms with Gasteiger partial charge in [0.2, 0.25) is 0 Å². The van der Waals surface area contributed by atoms with E-state index < -0.39 is 5.92 Å². The molecule has 0 aromatic rings. The Labute approximate surface area is 72.1 Å². The van der Waals surface area contributed by atoms with Gasteiger partial charge in [0.1, 0.15) is 0 Å². The van der Waals surface area contributed by atoms with Crippen molar-refractivity contribution >= 4 is 0 Å². The van der Waals surface area contributed by atoms with Gasteiger partial charge in [-0.15, -0.1) is 6.58 Å². The van der Waals surface area contributed by atoms with Gasteiger partial charge in [-0.05, 0) is 13.3 Å². The molecule has 0 N–H and O–H groups in total. The van der Waals surface area contributed by atoms with Crippen LogP contribution in [0.25, 0.3) is 0 Å². The Hall–Kier alpha value is -0.440. The monoisotopic (exact) mass is 175 g/mol. The van der Waals surface area contributed by atoms with Gasteiger partial charge in [-0.2, -0.15) is 0 Å². The third kappa shape index (κ3) is 2.89. The molecule has 70 valence electrons. The molecule has 1 fully saturated rings. The zero-order valence-electron chi connectivity index (χ0n) is 7.45. The van der Waals surface area contributed by atoms with Gasteiger partial charge >= 0.3 is 0 Å². The van der Waals surface area contributed by atoms with E-state index in [2.05, 4.69) is 6.58 Å². The zero-order valence-corrected chi connectivity index (χ0v) is 7.45. The van der Waals surface area contributed by atoms with Crippen molar-refractivity contribution in [3.63, 3.8) is 0 Å². The van der Waals surface area contributed by atoms with Crippen LogP contribution in [0.4, 0.5) is 8.78 Å². The first-order valence-corrected chi connectivity index (χ1v) is 4.24. The first-order chi connectivity index (χ1) is 5.49. The molecule has 0 bridgehead atoms. The number of hydrogen-bond donors (Lipinski definition) is 0. The van der Waals surface area contributed by atoms with Crippen molar-refractivity contribution in [1.82, 2.24) is 4.90 Å². The molecular weight excluding hydrogens is 160 g/mol. The molecule has 1 saturated heterocycles. The number of rotatable bonds is 3. The fraction of sp³-hybridized carbons (Fsp3) is 0.778. The highest BCUT2D eigenvalue weighted by atomic mass is 19.3. The minimum Gasteiger partial charge on any atom is -0.297 e. The van der Waals surface area contributed by atoms with E-state index in [9.17, 15) is 8.78 Å². The Bertz CT molecular complexity index is 177. The second-order valence-corrected chi connectivity index (χ2v) is 3.59. The van der Waals surface area contributed by atoms with E-state index in [1.165, 1.54) is 0 Å². The maximum absolute atomic E-state index is 12.7. The molecule has 0 atom stereocenters. The Morgan fingerprint density at radius 2 is 2.25 bits per heavy atom. The van der Waals surface area contributed by atoms with Gasteiger partial charge in [0.15, 0.2) is 0 Å². The third-order valence-electron chi connectivity index (χ3n) is 2.10. The second-order valence-electron chi connectivity index (χ2n) is 3.59. The van der Waals surface area contributed by atoms with Gasteiger partial charge < -0.3 is 0 Å². The van der Waals surface area contributed by atoms with Crippen LogP contribution in [0, 0.1) is 0 Å². The first-order valence-electron chi connectivity index (χ1n) is 4.24. The van der Waals surface area contributed by atoms with Crippen LogP contribution in [-0.4, -0.2) is 30.5 Å². The van der Waals surface area contributed by atoms with Gasteiger partial charge in [-0.1, -0.05) is 5.57 Å². The van der Waals surface area contributed by atoms with Crippen molar-refractivity contribution in [1.29, 1.82) is 0 Å². The molecule has 0 amide bonds. The Balaban J connectivity index is 2.24. The van der Waals surface area contributed by atoms with E-state index in [0.717, 1.165) is 18.5 Å². The molecule has 1 nitrogen and oxygen atoms in total. The lowest BCUT2D eigenvalue weighted by Gasteiger charge is -2.14. The standard InChI is InChI=1S/C9H15F2N/c1-8(2)3-5-12-6-4-9(10,11)7-12/h1,3-7H2,2H3. The minimum atomic E-state index is -2.45. The van der Waals surface area contributed by atoms with Gasteiger partial charge in [0, 0.05) is 19.5 Å². The predicted octanol–water partition coefficient (Wildman–Crippen LogP) is 2.29. The SMILES string of the molecule is C=C(C)CCN1CCC(F)(F)C1. The summed E-state index contributed by atoms with van der Waals surface area (Å²) in [5.74, 6) is -2.45. The Morgan fingerprint density at radius 1 is 1.58 bits per heavy atom. The molecule has 1 rings (SSSR count). The average Bonchev–Trinajstić information content (AvgIpc) is 2.26. The largest absolute Gasteiger partial charge is 0.297 e. The van der Waals surface area contributed by atoms with Crippen molar-refractivity contribution in [3.05, 3.63) is 12.2 Å². The average molecular weight is 175 g/mol. The summed E-state index contributed by atoms with van der Waals surface area (Å²) >= 11 is 0. The van der Waals surface area contributed by atoms with Crippen LogP contribution in [0.3, 0.4) is 0 Å². The van der Waals surface area contributed by atoms with Crippen molar-refractivity contribution in [3.8, 4) is 0 Å². The fourth-order valence-corrected chi connectivity index (χ4v) is 1.35. The Kier molecular flexibility index (Phi) is 2.83. The number of hydrogen-bond acceptors (Lipinski definition) is 1. The fourth-order valence-electron chi connectivity index (χ4n) is 1.35. The number of alkyl halides is 2. The van der Waals surface area contributed by atoms with E-state index >= 15 is 0 Å². The van der Waals surface area contributed by atoms with Crippen LogP contribution in [0.15, 0.2) is 12.2 Å². The summed E-state index contributed by atoms with van der Waals surface area (Å²) in [4.78, 5) is 1.80. The van der Waals surface area contributed by atoms with Gasteiger partial charge in [-0.25, -0.2) is 8.78 Å². The van der Waals surface area contributed by atoms with Crippen molar-refractivity contribution < 1.29 is 8.78 Å². The summed E-state index contributed by atoms with van der Waals surface area (Å²) in [7, 11) is 0. The molecule has 0 spiro atoms. The highest BCUT2D eigenvalue weighted by Crippen LogP contribution is 2.26. The van der Waals surface area contributed by atoms with Gasteiger partial charge in [-0.3, -0.25) is 4.90 Å². The zero-order chi connectivity index (χ0) is 9.19. The molecular formula is C9H15F2N. The van der Waals surface area contributed by atoms with Crippen LogP contribution in [-0.2, 0) is 0 Å². The van der Waals surface area contributed by atoms with Crippen LogP contribution in [0.1, 0.15) is 19.8 Å².